The second-order valence-corrected chi connectivity index (χ2v) is 12.0. The summed E-state index contributed by atoms with van der Waals surface area (Å²) in [5, 5.41) is 12.4. The molecule has 0 unspecified atom stereocenters. The fourth-order valence-electron chi connectivity index (χ4n) is 5.69. The first kappa shape index (κ1) is 27.7. The fourth-order valence-corrected chi connectivity index (χ4v) is 6.66. The van der Waals surface area contributed by atoms with Crippen molar-refractivity contribution in [1.29, 1.82) is 0 Å². The topological polar surface area (TPSA) is 82.3 Å². The summed E-state index contributed by atoms with van der Waals surface area (Å²) in [6, 6.07) is 12.5. The van der Waals surface area contributed by atoms with E-state index in [-0.39, 0.29) is 0 Å². The van der Waals surface area contributed by atoms with E-state index in [0.717, 1.165) is 67.3 Å². The lowest BCUT2D eigenvalue weighted by molar-refractivity contribution is 0.393. The Kier molecular flexibility index (Phi) is 7.76. The Labute approximate surface area is 250 Å². The van der Waals surface area contributed by atoms with Crippen molar-refractivity contribution in [2.75, 3.05) is 0 Å². The highest BCUT2D eigenvalue weighted by Crippen LogP contribution is 2.37. The van der Waals surface area contributed by atoms with Crippen LogP contribution in [0.3, 0.4) is 0 Å². The number of H-pyrrole nitrogens is 2. The van der Waals surface area contributed by atoms with E-state index in [0.29, 0.717) is 5.92 Å². The minimum atomic E-state index is 0.512. The lowest BCUT2D eigenvalue weighted by Gasteiger charge is -2.25. The van der Waals surface area contributed by atoms with E-state index in [4.69, 9.17) is 4.98 Å². The molecule has 0 spiro atoms. The molecule has 212 valence electrons. The summed E-state index contributed by atoms with van der Waals surface area (Å²) in [5.41, 5.74) is 10.2. The van der Waals surface area contributed by atoms with Crippen molar-refractivity contribution >= 4 is 44.5 Å². The Morgan fingerprint density at radius 3 is 2.67 bits per heavy atom. The van der Waals surface area contributed by atoms with Crippen molar-refractivity contribution in [3.8, 4) is 21.8 Å². The second-order valence-electron chi connectivity index (χ2n) is 10.9. The molecule has 1 fully saturated rings. The Morgan fingerprint density at radius 2 is 1.93 bits per heavy atom. The van der Waals surface area contributed by atoms with Crippen LogP contribution in [0.5, 0.6) is 0 Å². The molecule has 0 aliphatic heterocycles. The van der Waals surface area contributed by atoms with Crippen LogP contribution < -0.4 is 5.32 Å². The maximum Gasteiger partial charge on any atom is 0.138 e. The quantitative estimate of drug-likeness (QED) is 0.154. The number of thiophene rings is 1. The van der Waals surface area contributed by atoms with Gasteiger partial charge in [0.05, 0.1) is 16.9 Å². The summed E-state index contributed by atoms with van der Waals surface area (Å²) in [4.78, 5) is 15.5. The van der Waals surface area contributed by atoms with Crippen molar-refractivity contribution in [2.24, 2.45) is 5.92 Å². The number of rotatable bonds is 9. The molecule has 5 aromatic rings. The molecule has 5 heterocycles. The van der Waals surface area contributed by atoms with Crippen molar-refractivity contribution in [1.82, 2.24) is 30.5 Å². The molecule has 42 heavy (non-hydrogen) atoms. The molecule has 0 amide bonds. The van der Waals surface area contributed by atoms with Crippen LogP contribution in [0.1, 0.15) is 56.5 Å². The van der Waals surface area contributed by atoms with Crippen LogP contribution in [0.15, 0.2) is 92.0 Å². The third-order valence-electron chi connectivity index (χ3n) is 8.03. The molecule has 6 rings (SSSR count). The second kappa shape index (κ2) is 11.8. The number of fused-ring (bicyclic) bond motifs is 2. The molecule has 0 atom stereocenters. The van der Waals surface area contributed by atoms with Crippen molar-refractivity contribution in [3.63, 3.8) is 0 Å². The van der Waals surface area contributed by atoms with Crippen LogP contribution in [0, 0.1) is 5.92 Å². The summed E-state index contributed by atoms with van der Waals surface area (Å²) in [7, 11) is 0. The first-order chi connectivity index (χ1) is 20.4. The Hall–Kier alpha value is -4.49. The summed E-state index contributed by atoms with van der Waals surface area (Å²) < 4.78 is 0. The monoisotopic (exact) mass is 572 g/mol. The van der Waals surface area contributed by atoms with E-state index in [2.05, 4.69) is 81.6 Å². The summed E-state index contributed by atoms with van der Waals surface area (Å²) in [6.07, 6.45) is 14.1. The lowest BCUT2D eigenvalue weighted by Crippen LogP contribution is -2.20. The third-order valence-corrected chi connectivity index (χ3v) is 9.31. The number of aromatic amines is 2. The molecule has 7 heteroatoms. The number of pyridine rings is 2. The molecule has 0 saturated heterocycles. The molecule has 0 aromatic carbocycles. The molecule has 3 N–H and O–H groups in total. The van der Waals surface area contributed by atoms with E-state index >= 15 is 0 Å². The molecule has 1 aliphatic carbocycles. The van der Waals surface area contributed by atoms with Gasteiger partial charge in [-0.25, -0.2) is 9.97 Å². The van der Waals surface area contributed by atoms with Crippen LogP contribution in [0.2, 0.25) is 0 Å². The van der Waals surface area contributed by atoms with Gasteiger partial charge in [0.15, 0.2) is 0 Å². The third kappa shape index (κ3) is 5.40. The van der Waals surface area contributed by atoms with Crippen LogP contribution >= 0.6 is 11.3 Å². The van der Waals surface area contributed by atoms with Gasteiger partial charge >= 0.3 is 0 Å². The van der Waals surface area contributed by atoms with E-state index in [1.165, 1.54) is 41.9 Å². The predicted octanol–water partition coefficient (Wildman–Crippen LogP) is 9.42. The van der Waals surface area contributed by atoms with Gasteiger partial charge in [-0.15, -0.1) is 11.3 Å². The minimum Gasteiger partial charge on any atom is -0.359 e. The van der Waals surface area contributed by atoms with E-state index in [1.807, 2.05) is 38.3 Å². The highest BCUT2D eigenvalue weighted by Gasteiger charge is 2.18. The van der Waals surface area contributed by atoms with Gasteiger partial charge in [-0.1, -0.05) is 45.1 Å². The van der Waals surface area contributed by atoms with Crippen LogP contribution in [0.4, 0.5) is 0 Å². The number of hydrogen-bond donors (Lipinski definition) is 3. The van der Waals surface area contributed by atoms with Gasteiger partial charge in [-0.3, -0.25) is 5.10 Å². The lowest BCUT2D eigenvalue weighted by atomic mass is 9.87. The summed E-state index contributed by atoms with van der Waals surface area (Å²) in [6.45, 7) is 16.5. The number of aromatic nitrogens is 5. The standard InChI is InChI=1S/C35H36N6S/c1-6-23(19-25(7-2)37-22(5)24-11-9-8-10-12-24)28-13-14-29-33(38-28)34(41-40-29)30-20-27-26(17-18-36-35(27)39-30)32-16-15-31(42-32)21(3)4/h6-7,13-20,24,37H,2-3,5,8-12H2,1,4H3,(H,36,39)(H,40,41)/b23-6+,25-19+. The van der Waals surface area contributed by atoms with E-state index in [9.17, 15) is 0 Å². The zero-order valence-corrected chi connectivity index (χ0v) is 25.1. The van der Waals surface area contributed by atoms with E-state index < -0.39 is 0 Å². The molecular weight excluding hydrogens is 536 g/mol. The highest BCUT2D eigenvalue weighted by atomic mass is 32.1. The highest BCUT2D eigenvalue weighted by molar-refractivity contribution is 7.16. The summed E-state index contributed by atoms with van der Waals surface area (Å²) in [5.74, 6) is 0.512. The van der Waals surface area contributed by atoms with Crippen LogP contribution in [-0.4, -0.2) is 25.1 Å². The SMILES string of the molecule is C=C/C(=C\C(=C/C)c1ccc2[nH]nc(-c3cc4c(-c5ccc(C(=C)C)s5)ccnc4[nH]3)c2n1)NC(=C)C1CCCCC1. The Balaban J connectivity index is 1.33. The van der Waals surface area contributed by atoms with Crippen molar-refractivity contribution < 1.29 is 0 Å². The molecule has 0 radical (unpaired) electrons. The smallest absolute Gasteiger partial charge is 0.138 e. The maximum absolute atomic E-state index is 5.07. The molecule has 1 saturated carbocycles. The van der Waals surface area contributed by atoms with Gasteiger partial charge in [-0.2, -0.15) is 5.10 Å². The number of nitrogens with zero attached hydrogens (tertiary/aromatic N) is 3. The minimum absolute atomic E-state index is 0.512. The first-order valence-electron chi connectivity index (χ1n) is 14.5. The van der Waals surface area contributed by atoms with Gasteiger partial charge in [0.1, 0.15) is 16.9 Å². The molecule has 1 aliphatic rings. The molecular formula is C35H36N6S. The van der Waals surface area contributed by atoms with Gasteiger partial charge in [0, 0.05) is 38.3 Å². The van der Waals surface area contributed by atoms with Crippen molar-refractivity contribution in [3.05, 3.63) is 103 Å². The van der Waals surface area contributed by atoms with Crippen LogP contribution in [0.25, 0.3) is 55.0 Å². The zero-order chi connectivity index (χ0) is 29.2. The van der Waals surface area contributed by atoms with Crippen LogP contribution in [-0.2, 0) is 0 Å². The van der Waals surface area contributed by atoms with Crippen molar-refractivity contribution in [2.45, 2.75) is 46.0 Å². The van der Waals surface area contributed by atoms with Gasteiger partial charge < -0.3 is 10.3 Å². The number of allylic oxidation sites excluding steroid dienone is 6. The fraction of sp³-hybridized carbons (Fsp3) is 0.229. The number of hydrogen-bond acceptors (Lipinski definition) is 5. The first-order valence-corrected chi connectivity index (χ1v) is 15.3. The van der Waals surface area contributed by atoms with Gasteiger partial charge in [0.2, 0.25) is 0 Å². The zero-order valence-electron chi connectivity index (χ0n) is 24.3. The number of nitrogens with one attached hydrogen (secondary N) is 3. The normalized spacial score (nSPS) is 14.9. The largest absolute Gasteiger partial charge is 0.359 e. The average molecular weight is 573 g/mol. The predicted molar refractivity (Wildman–Crippen MR) is 178 cm³/mol. The van der Waals surface area contributed by atoms with Gasteiger partial charge in [0.25, 0.3) is 0 Å². The average Bonchev–Trinajstić information content (AvgIpc) is 3.77. The molecule has 6 nitrogen and oxygen atoms in total. The van der Waals surface area contributed by atoms with E-state index in [1.54, 1.807) is 11.3 Å². The summed E-state index contributed by atoms with van der Waals surface area (Å²) >= 11 is 1.74. The van der Waals surface area contributed by atoms with Gasteiger partial charge in [-0.05, 0) is 92.3 Å². The Morgan fingerprint density at radius 1 is 1.10 bits per heavy atom. The Bertz CT molecular complexity index is 1870. The molecule has 5 aromatic heterocycles. The molecule has 0 bridgehead atoms. The maximum atomic E-state index is 5.07.